The predicted octanol–water partition coefficient (Wildman–Crippen LogP) is 0.305. The van der Waals surface area contributed by atoms with E-state index in [2.05, 4.69) is 10.6 Å². The zero-order valence-corrected chi connectivity index (χ0v) is 11.5. The number of carbonyl (C=O) groups excluding carboxylic acids is 2. The monoisotopic (exact) mass is 283 g/mol. The number of hydrogen-bond donors (Lipinski definition) is 3. The van der Waals surface area contributed by atoms with Gasteiger partial charge in [-0.05, 0) is 12.8 Å². The highest BCUT2D eigenvalue weighted by molar-refractivity contribution is 5.85. The summed E-state index contributed by atoms with van der Waals surface area (Å²) in [6, 6.07) is -0.331. The third-order valence-electron chi connectivity index (χ3n) is 4.00. The molecule has 0 unspecified atom stereocenters. The van der Waals surface area contributed by atoms with E-state index >= 15 is 0 Å². The average Bonchev–Trinajstić information content (AvgIpc) is 2.38. The van der Waals surface area contributed by atoms with E-state index in [1.54, 1.807) is 0 Å². The summed E-state index contributed by atoms with van der Waals surface area (Å²) in [4.78, 5) is 36.0. The molecule has 0 aromatic rings. The number of hydrogen-bond acceptors (Lipinski definition) is 3. The van der Waals surface area contributed by atoms with Crippen LogP contribution in [0, 0.1) is 0 Å². The van der Waals surface area contributed by atoms with Crippen LogP contribution < -0.4 is 10.6 Å². The number of carboxylic acids is 1. The molecule has 3 amide bonds. The summed E-state index contributed by atoms with van der Waals surface area (Å²) in [6.07, 6.45) is 4.24. The minimum Gasteiger partial charge on any atom is -0.481 e. The fraction of sp³-hybridized carbons (Fsp3) is 0.769. The summed E-state index contributed by atoms with van der Waals surface area (Å²) < 4.78 is 0. The maximum Gasteiger partial charge on any atom is 0.318 e. The second-order valence-electron chi connectivity index (χ2n) is 5.61. The van der Waals surface area contributed by atoms with E-state index in [0.717, 1.165) is 19.3 Å². The molecule has 20 heavy (non-hydrogen) atoms. The highest BCUT2D eigenvalue weighted by atomic mass is 16.4. The van der Waals surface area contributed by atoms with Crippen molar-refractivity contribution in [3.63, 3.8) is 0 Å². The van der Waals surface area contributed by atoms with Crippen LogP contribution in [0.5, 0.6) is 0 Å². The molecule has 2 aliphatic rings. The topological polar surface area (TPSA) is 98.7 Å². The van der Waals surface area contributed by atoms with E-state index in [1.165, 1.54) is 4.90 Å². The van der Waals surface area contributed by atoms with Crippen LogP contribution >= 0.6 is 0 Å². The van der Waals surface area contributed by atoms with Crippen molar-refractivity contribution in [2.24, 2.45) is 0 Å². The molecule has 2 rings (SSSR count). The maximum atomic E-state index is 12.2. The number of carbonyl (C=O) groups is 3. The fourth-order valence-corrected chi connectivity index (χ4v) is 2.98. The van der Waals surface area contributed by atoms with E-state index in [4.69, 9.17) is 5.11 Å². The molecule has 1 aliphatic heterocycles. The molecule has 0 atom stereocenters. The lowest BCUT2D eigenvalue weighted by Gasteiger charge is -2.39. The lowest BCUT2D eigenvalue weighted by molar-refractivity contribution is -0.139. The molecule has 7 heteroatoms. The first-order valence-electron chi connectivity index (χ1n) is 7.06. The second-order valence-corrected chi connectivity index (χ2v) is 5.61. The third kappa shape index (κ3) is 3.61. The summed E-state index contributed by atoms with van der Waals surface area (Å²) in [5.41, 5.74) is -0.658. The van der Waals surface area contributed by atoms with Crippen LogP contribution in [0.2, 0.25) is 0 Å². The summed E-state index contributed by atoms with van der Waals surface area (Å²) >= 11 is 0. The Morgan fingerprint density at radius 2 is 2.00 bits per heavy atom. The van der Waals surface area contributed by atoms with Crippen molar-refractivity contribution < 1.29 is 19.5 Å². The zero-order chi connectivity index (χ0) is 14.6. The van der Waals surface area contributed by atoms with Crippen LogP contribution in [0.1, 0.15) is 38.5 Å². The van der Waals surface area contributed by atoms with Gasteiger partial charge in [-0.2, -0.15) is 0 Å². The first-order chi connectivity index (χ1) is 9.51. The van der Waals surface area contributed by atoms with Crippen LogP contribution in [0.3, 0.4) is 0 Å². The van der Waals surface area contributed by atoms with Gasteiger partial charge in [0.2, 0.25) is 5.91 Å². The molecule has 112 valence electrons. The van der Waals surface area contributed by atoms with Crippen LogP contribution in [-0.2, 0) is 9.59 Å². The third-order valence-corrected chi connectivity index (χ3v) is 4.00. The smallest absolute Gasteiger partial charge is 0.318 e. The number of nitrogens with one attached hydrogen (secondary N) is 2. The van der Waals surface area contributed by atoms with Crippen molar-refractivity contribution >= 4 is 17.9 Å². The molecule has 1 aliphatic carbocycles. The van der Waals surface area contributed by atoms with Gasteiger partial charge in [0, 0.05) is 13.1 Å². The highest BCUT2D eigenvalue weighted by Crippen LogP contribution is 2.31. The van der Waals surface area contributed by atoms with Crippen LogP contribution in [-0.4, -0.2) is 53.1 Å². The molecule has 1 heterocycles. The van der Waals surface area contributed by atoms with Crippen molar-refractivity contribution in [3.8, 4) is 0 Å². The van der Waals surface area contributed by atoms with Gasteiger partial charge in [-0.15, -0.1) is 0 Å². The molecule has 0 radical (unpaired) electrons. The Balaban J connectivity index is 2.01. The van der Waals surface area contributed by atoms with Crippen molar-refractivity contribution in [1.29, 1.82) is 0 Å². The zero-order valence-electron chi connectivity index (χ0n) is 11.5. The number of urea groups is 1. The Bertz CT molecular complexity index is 404. The Morgan fingerprint density at radius 1 is 1.30 bits per heavy atom. The summed E-state index contributed by atoms with van der Waals surface area (Å²) in [6.45, 7) is 0.938. The number of rotatable bonds is 3. The van der Waals surface area contributed by atoms with Crippen LogP contribution in [0.15, 0.2) is 0 Å². The molecule has 0 aromatic heterocycles. The van der Waals surface area contributed by atoms with Crippen molar-refractivity contribution in [3.05, 3.63) is 0 Å². The first kappa shape index (κ1) is 14.6. The number of piperazine rings is 1. The molecule has 3 N–H and O–H groups in total. The Labute approximate surface area is 117 Å². The normalized spacial score (nSPS) is 22.0. The first-order valence-corrected chi connectivity index (χ1v) is 7.06. The molecular formula is C13H21N3O4. The van der Waals surface area contributed by atoms with Gasteiger partial charge in [0.1, 0.15) is 6.54 Å². The molecule has 1 saturated carbocycles. The van der Waals surface area contributed by atoms with Gasteiger partial charge in [-0.25, -0.2) is 4.79 Å². The summed E-state index contributed by atoms with van der Waals surface area (Å²) in [5, 5.41) is 14.6. The minimum atomic E-state index is -0.899. The maximum absolute atomic E-state index is 12.2. The van der Waals surface area contributed by atoms with Crippen molar-refractivity contribution in [2.45, 2.75) is 44.1 Å². The van der Waals surface area contributed by atoms with E-state index in [9.17, 15) is 14.4 Å². The molecule has 0 spiro atoms. The van der Waals surface area contributed by atoms with E-state index in [1.807, 2.05) is 0 Å². The Kier molecular flexibility index (Phi) is 4.46. The molecule has 0 aromatic carbocycles. The van der Waals surface area contributed by atoms with Gasteiger partial charge >= 0.3 is 12.0 Å². The van der Waals surface area contributed by atoms with Gasteiger partial charge in [-0.3, -0.25) is 9.59 Å². The average molecular weight is 283 g/mol. The molecule has 1 saturated heterocycles. The Morgan fingerprint density at radius 3 is 2.60 bits per heavy atom. The van der Waals surface area contributed by atoms with Gasteiger partial charge in [-0.1, -0.05) is 19.3 Å². The number of amides is 3. The van der Waals surface area contributed by atoms with E-state index in [-0.39, 0.29) is 24.9 Å². The predicted molar refractivity (Wildman–Crippen MR) is 71.2 cm³/mol. The lowest BCUT2D eigenvalue weighted by Crippen LogP contribution is -2.59. The fourth-order valence-electron chi connectivity index (χ4n) is 2.98. The number of aliphatic carboxylic acids is 1. The standard InChI is InChI=1S/C13H21N3O4/c17-10-9-16(7-6-14-10)12(20)15-13(8-11(18)19)4-2-1-3-5-13/h1-9H2,(H,14,17)(H,15,20)(H,18,19). The largest absolute Gasteiger partial charge is 0.481 e. The number of carboxylic acid groups (broad SMARTS) is 1. The van der Waals surface area contributed by atoms with Crippen LogP contribution in [0.4, 0.5) is 4.79 Å². The molecular weight excluding hydrogens is 262 g/mol. The van der Waals surface area contributed by atoms with Gasteiger partial charge in [0.25, 0.3) is 0 Å². The molecule has 2 fully saturated rings. The van der Waals surface area contributed by atoms with Gasteiger partial charge in [0.15, 0.2) is 0 Å². The quantitative estimate of drug-likeness (QED) is 0.694. The van der Waals surface area contributed by atoms with Crippen molar-refractivity contribution in [1.82, 2.24) is 15.5 Å². The van der Waals surface area contributed by atoms with Crippen LogP contribution in [0.25, 0.3) is 0 Å². The van der Waals surface area contributed by atoms with Gasteiger partial charge < -0.3 is 20.6 Å². The highest BCUT2D eigenvalue weighted by Gasteiger charge is 2.37. The lowest BCUT2D eigenvalue weighted by atomic mass is 9.79. The summed E-state index contributed by atoms with van der Waals surface area (Å²) in [5.74, 6) is -1.08. The van der Waals surface area contributed by atoms with E-state index < -0.39 is 11.5 Å². The summed E-state index contributed by atoms with van der Waals surface area (Å²) in [7, 11) is 0. The Hall–Kier alpha value is -1.79. The second kappa shape index (κ2) is 6.11. The number of nitrogens with zero attached hydrogens (tertiary/aromatic N) is 1. The van der Waals surface area contributed by atoms with Gasteiger partial charge in [0.05, 0.1) is 12.0 Å². The SMILES string of the molecule is O=C(O)CC1(NC(=O)N2CCNC(=O)C2)CCCCC1. The van der Waals surface area contributed by atoms with Crippen molar-refractivity contribution in [2.75, 3.05) is 19.6 Å². The molecule has 0 bridgehead atoms. The minimum absolute atomic E-state index is 0.0367. The van der Waals surface area contributed by atoms with E-state index in [0.29, 0.717) is 25.9 Å². The molecule has 7 nitrogen and oxygen atoms in total.